The van der Waals surface area contributed by atoms with Gasteiger partial charge in [-0.2, -0.15) is 0 Å². The number of β-amino-alcohol motifs (C(OH)–C–C–N with tert-alkyl or cyclic N) is 1. The molecule has 1 atom stereocenters. The minimum atomic E-state index is -0.317. The van der Waals surface area contributed by atoms with Crippen LogP contribution in [0.3, 0.4) is 0 Å². The molecule has 0 spiro atoms. The quantitative estimate of drug-likeness (QED) is 0.554. The van der Waals surface area contributed by atoms with Crippen LogP contribution in [-0.4, -0.2) is 30.1 Å². The smallest absolute Gasteiger partial charge is 0.126 e. The van der Waals surface area contributed by atoms with Crippen LogP contribution in [0.5, 0.6) is 0 Å². The third-order valence-corrected chi connectivity index (χ3v) is 3.31. The normalized spacial score (nSPS) is 20.4. The number of aliphatic hydroxyl groups excluding tert-OH is 1. The molecule has 1 unspecified atom stereocenters. The summed E-state index contributed by atoms with van der Waals surface area (Å²) in [5.74, 6) is -0.0364. The molecule has 1 aromatic rings. The lowest BCUT2D eigenvalue weighted by molar-refractivity contribution is 0.154. The second-order valence-corrected chi connectivity index (χ2v) is 4.70. The first-order chi connectivity index (χ1) is 8.09. The van der Waals surface area contributed by atoms with Gasteiger partial charge in [0.25, 0.3) is 0 Å². The van der Waals surface area contributed by atoms with E-state index in [1.54, 1.807) is 6.07 Å². The molecule has 0 saturated carbocycles. The topological polar surface area (TPSA) is 73.3 Å². The van der Waals surface area contributed by atoms with E-state index in [4.69, 9.17) is 22.7 Å². The van der Waals surface area contributed by atoms with Gasteiger partial charge in [-0.05, 0) is 25.0 Å². The number of anilines is 1. The van der Waals surface area contributed by atoms with E-state index >= 15 is 0 Å². The lowest BCUT2D eigenvalue weighted by atomic mass is 10.0. The zero-order valence-corrected chi connectivity index (χ0v) is 10.2. The Bertz CT molecular complexity index is 436. The molecule has 1 aliphatic rings. The van der Waals surface area contributed by atoms with Crippen LogP contribution in [-0.2, 0) is 0 Å². The minimum absolute atomic E-state index is 0.0364. The number of halogens is 1. The van der Waals surface area contributed by atoms with E-state index in [9.17, 15) is 5.11 Å². The predicted octanol–water partition coefficient (Wildman–Crippen LogP) is 1.59. The molecule has 1 aliphatic heterocycles. The maximum Gasteiger partial charge on any atom is 0.126 e. The fourth-order valence-corrected chi connectivity index (χ4v) is 2.49. The molecule has 0 bridgehead atoms. The highest BCUT2D eigenvalue weighted by molar-refractivity contribution is 6.34. The Kier molecular flexibility index (Phi) is 3.54. The number of hydrogen-bond acceptors (Lipinski definition) is 3. The van der Waals surface area contributed by atoms with E-state index in [1.807, 2.05) is 17.0 Å². The number of rotatable bonds is 2. The maximum atomic E-state index is 9.68. The van der Waals surface area contributed by atoms with Crippen LogP contribution < -0.4 is 10.6 Å². The summed E-state index contributed by atoms with van der Waals surface area (Å²) in [6, 6.07) is 5.45. The van der Waals surface area contributed by atoms with Crippen LogP contribution in [0.4, 0.5) is 5.69 Å². The van der Waals surface area contributed by atoms with Crippen molar-refractivity contribution in [2.75, 3.05) is 18.0 Å². The summed E-state index contributed by atoms with van der Waals surface area (Å²) >= 11 is 6.07. The van der Waals surface area contributed by atoms with Crippen molar-refractivity contribution in [2.45, 2.75) is 18.9 Å². The van der Waals surface area contributed by atoms with Gasteiger partial charge < -0.3 is 15.7 Å². The van der Waals surface area contributed by atoms with E-state index in [0.29, 0.717) is 17.1 Å². The van der Waals surface area contributed by atoms with Gasteiger partial charge in [0.05, 0.1) is 16.7 Å². The number of nitrogens with one attached hydrogen (secondary N) is 1. The number of aliphatic hydroxyl groups is 1. The van der Waals surface area contributed by atoms with Gasteiger partial charge >= 0.3 is 0 Å². The van der Waals surface area contributed by atoms with Gasteiger partial charge in [-0.3, -0.25) is 5.41 Å². The minimum Gasteiger partial charge on any atom is -0.391 e. The van der Waals surface area contributed by atoms with Gasteiger partial charge in [0.15, 0.2) is 0 Å². The molecule has 4 N–H and O–H groups in total. The van der Waals surface area contributed by atoms with Crippen molar-refractivity contribution in [1.82, 2.24) is 0 Å². The summed E-state index contributed by atoms with van der Waals surface area (Å²) in [5, 5.41) is 17.8. The highest BCUT2D eigenvalue weighted by atomic mass is 35.5. The van der Waals surface area contributed by atoms with Crippen LogP contribution in [0.15, 0.2) is 18.2 Å². The Morgan fingerprint density at radius 3 is 2.94 bits per heavy atom. The largest absolute Gasteiger partial charge is 0.391 e. The van der Waals surface area contributed by atoms with Crippen LogP contribution in [0.1, 0.15) is 18.4 Å². The summed E-state index contributed by atoms with van der Waals surface area (Å²) < 4.78 is 0. The first-order valence-corrected chi connectivity index (χ1v) is 6.03. The molecule has 0 aliphatic carbocycles. The van der Waals surface area contributed by atoms with Crippen molar-refractivity contribution in [3.8, 4) is 0 Å². The average molecular weight is 254 g/mol. The highest BCUT2D eigenvalue weighted by Crippen LogP contribution is 2.29. The Labute approximate surface area is 105 Å². The zero-order valence-electron chi connectivity index (χ0n) is 9.49. The molecule has 0 amide bonds. The van der Waals surface area contributed by atoms with E-state index < -0.39 is 0 Å². The number of nitrogens with two attached hydrogens (primary N) is 1. The third kappa shape index (κ3) is 2.53. The van der Waals surface area contributed by atoms with Gasteiger partial charge in [0, 0.05) is 18.8 Å². The van der Waals surface area contributed by atoms with Crippen molar-refractivity contribution < 1.29 is 5.11 Å². The van der Waals surface area contributed by atoms with Gasteiger partial charge in [-0.15, -0.1) is 0 Å². The molecule has 4 nitrogen and oxygen atoms in total. The van der Waals surface area contributed by atoms with E-state index in [2.05, 4.69) is 0 Å². The SMILES string of the molecule is N=C(N)c1c(Cl)cccc1N1CCCC(O)C1. The lowest BCUT2D eigenvalue weighted by Gasteiger charge is -2.33. The number of piperidine rings is 1. The summed E-state index contributed by atoms with van der Waals surface area (Å²) in [6.07, 6.45) is 1.44. The molecule has 0 radical (unpaired) electrons. The van der Waals surface area contributed by atoms with Crippen LogP contribution >= 0.6 is 11.6 Å². The number of benzene rings is 1. The summed E-state index contributed by atoms with van der Waals surface area (Å²) in [7, 11) is 0. The molecular formula is C12H16ClN3O. The summed E-state index contributed by atoms with van der Waals surface area (Å²) in [6.45, 7) is 1.43. The van der Waals surface area contributed by atoms with Gasteiger partial charge in [0.2, 0.25) is 0 Å². The average Bonchev–Trinajstić information content (AvgIpc) is 2.28. The van der Waals surface area contributed by atoms with E-state index in [0.717, 1.165) is 25.1 Å². The molecule has 1 aromatic carbocycles. The molecule has 1 saturated heterocycles. The van der Waals surface area contributed by atoms with Gasteiger partial charge in [-0.1, -0.05) is 17.7 Å². The fourth-order valence-electron chi connectivity index (χ4n) is 2.22. The molecule has 1 heterocycles. The van der Waals surface area contributed by atoms with Crippen molar-refractivity contribution in [3.63, 3.8) is 0 Å². The predicted molar refractivity (Wildman–Crippen MR) is 69.9 cm³/mol. The number of nitrogens with zero attached hydrogens (tertiary/aromatic N) is 1. The fraction of sp³-hybridized carbons (Fsp3) is 0.417. The number of nitrogen functional groups attached to an aromatic ring is 1. The second-order valence-electron chi connectivity index (χ2n) is 4.29. The van der Waals surface area contributed by atoms with Crippen molar-refractivity contribution in [3.05, 3.63) is 28.8 Å². The van der Waals surface area contributed by atoms with Gasteiger partial charge in [0.1, 0.15) is 5.84 Å². The Balaban J connectivity index is 2.37. The number of hydrogen-bond donors (Lipinski definition) is 3. The van der Waals surface area contributed by atoms with Crippen molar-refractivity contribution in [1.29, 1.82) is 5.41 Å². The van der Waals surface area contributed by atoms with Crippen molar-refractivity contribution in [2.24, 2.45) is 5.73 Å². The zero-order chi connectivity index (χ0) is 12.4. The number of amidine groups is 1. The van der Waals surface area contributed by atoms with E-state index in [1.165, 1.54) is 0 Å². The molecule has 17 heavy (non-hydrogen) atoms. The Morgan fingerprint density at radius 1 is 1.53 bits per heavy atom. The molecule has 5 heteroatoms. The highest BCUT2D eigenvalue weighted by Gasteiger charge is 2.21. The third-order valence-electron chi connectivity index (χ3n) is 3.00. The molecule has 92 valence electrons. The maximum absolute atomic E-state index is 9.68. The molecule has 2 rings (SSSR count). The van der Waals surface area contributed by atoms with Crippen molar-refractivity contribution >= 4 is 23.1 Å². The Morgan fingerprint density at radius 2 is 2.29 bits per heavy atom. The van der Waals surface area contributed by atoms with Crippen LogP contribution in [0.25, 0.3) is 0 Å². The van der Waals surface area contributed by atoms with E-state index in [-0.39, 0.29) is 11.9 Å². The summed E-state index contributed by atoms with van der Waals surface area (Å²) in [5.41, 5.74) is 6.96. The lowest BCUT2D eigenvalue weighted by Crippen LogP contribution is -2.39. The van der Waals surface area contributed by atoms with Crippen LogP contribution in [0.2, 0.25) is 5.02 Å². The second kappa shape index (κ2) is 4.94. The first kappa shape index (κ1) is 12.2. The van der Waals surface area contributed by atoms with Gasteiger partial charge in [-0.25, -0.2) is 0 Å². The van der Waals surface area contributed by atoms with Crippen LogP contribution in [0, 0.1) is 5.41 Å². The molecule has 1 fully saturated rings. The molecule has 0 aromatic heterocycles. The first-order valence-electron chi connectivity index (χ1n) is 5.65. The summed E-state index contributed by atoms with van der Waals surface area (Å²) in [4.78, 5) is 2.04. The Hall–Kier alpha value is -1.26. The molecular weight excluding hydrogens is 238 g/mol. The standard InChI is InChI=1S/C12H16ClN3O/c13-9-4-1-5-10(11(9)12(14)15)16-6-2-3-8(17)7-16/h1,4-5,8,17H,2-3,6-7H2,(H3,14,15). The monoisotopic (exact) mass is 253 g/mol.